The van der Waals surface area contributed by atoms with Crippen LogP contribution in [0, 0.1) is 5.92 Å². The monoisotopic (exact) mass is 360 g/mol. The Balaban J connectivity index is 1.95. The van der Waals surface area contributed by atoms with E-state index in [1.54, 1.807) is 7.05 Å². The second kappa shape index (κ2) is 7.70. The molecule has 132 valence electrons. The van der Waals surface area contributed by atoms with Crippen LogP contribution in [-0.4, -0.2) is 43.2 Å². The number of anilines is 2. The quantitative estimate of drug-likeness (QED) is 0.668. The molecule has 1 aromatic heterocycles. The maximum Gasteiger partial charge on any atom is 0.310 e. The molecule has 25 heavy (non-hydrogen) atoms. The predicted molar refractivity (Wildman–Crippen MR) is 98.1 cm³/mol. The van der Waals surface area contributed by atoms with Gasteiger partial charge in [0.2, 0.25) is 0 Å². The number of methoxy groups -OCH3 is 1. The number of nitrogens with zero attached hydrogens (tertiary/aromatic N) is 3. The molecule has 2 atom stereocenters. The van der Waals surface area contributed by atoms with Crippen molar-refractivity contribution in [2.45, 2.75) is 12.3 Å². The van der Waals surface area contributed by atoms with Gasteiger partial charge in [0.05, 0.1) is 13.0 Å². The van der Waals surface area contributed by atoms with E-state index in [1.807, 2.05) is 18.2 Å². The normalized spacial score (nSPS) is 20.2. The highest BCUT2D eigenvalue weighted by Gasteiger charge is 2.34. The SMILES string of the molecule is CNc1c(Cl)ncnc1N1CC(C(=O)OC)CC(c2ccccc2)C1. The smallest absolute Gasteiger partial charge is 0.310 e. The largest absolute Gasteiger partial charge is 0.469 e. The summed E-state index contributed by atoms with van der Waals surface area (Å²) >= 11 is 6.20. The molecule has 7 heteroatoms. The summed E-state index contributed by atoms with van der Waals surface area (Å²) in [6.45, 7) is 1.29. The predicted octanol–water partition coefficient (Wildman–Crippen LogP) is 2.95. The molecule has 3 rings (SSSR count). The van der Waals surface area contributed by atoms with Gasteiger partial charge in [-0.2, -0.15) is 0 Å². The maximum absolute atomic E-state index is 12.2. The molecule has 1 aliphatic heterocycles. The van der Waals surface area contributed by atoms with E-state index in [0.29, 0.717) is 23.2 Å². The number of carbonyl (C=O) groups is 1. The molecule has 1 aliphatic rings. The van der Waals surface area contributed by atoms with Crippen molar-refractivity contribution in [3.63, 3.8) is 0 Å². The summed E-state index contributed by atoms with van der Waals surface area (Å²) in [5, 5.41) is 3.42. The first-order valence-electron chi connectivity index (χ1n) is 8.20. The molecule has 1 N–H and O–H groups in total. The molecule has 0 spiro atoms. The topological polar surface area (TPSA) is 67.4 Å². The van der Waals surface area contributed by atoms with E-state index < -0.39 is 0 Å². The number of esters is 1. The molecule has 0 bridgehead atoms. The van der Waals surface area contributed by atoms with Crippen LogP contribution in [0.1, 0.15) is 17.9 Å². The van der Waals surface area contributed by atoms with Gasteiger partial charge in [-0.15, -0.1) is 0 Å². The lowest BCUT2D eigenvalue weighted by molar-refractivity contribution is -0.145. The van der Waals surface area contributed by atoms with Gasteiger partial charge in [-0.1, -0.05) is 41.9 Å². The number of rotatable bonds is 4. The van der Waals surface area contributed by atoms with Crippen LogP contribution >= 0.6 is 11.6 Å². The van der Waals surface area contributed by atoms with Crippen molar-refractivity contribution in [3.05, 3.63) is 47.4 Å². The third-order valence-corrected chi connectivity index (χ3v) is 4.87. The molecule has 6 nitrogen and oxygen atoms in total. The second-order valence-corrected chi connectivity index (χ2v) is 6.44. The zero-order valence-electron chi connectivity index (χ0n) is 14.3. The molecule has 2 heterocycles. The summed E-state index contributed by atoms with van der Waals surface area (Å²) in [5.74, 6) is 0.494. The summed E-state index contributed by atoms with van der Waals surface area (Å²) in [6, 6.07) is 10.2. The number of carbonyl (C=O) groups excluding carboxylic acids is 1. The lowest BCUT2D eigenvalue weighted by Gasteiger charge is -2.38. The molecular formula is C18H21ClN4O2. The van der Waals surface area contributed by atoms with Crippen LogP contribution in [0.2, 0.25) is 5.15 Å². The van der Waals surface area contributed by atoms with Gasteiger partial charge in [-0.05, 0) is 12.0 Å². The van der Waals surface area contributed by atoms with Crippen LogP contribution in [0.4, 0.5) is 11.5 Å². The molecule has 0 saturated carbocycles. The average molecular weight is 361 g/mol. The minimum Gasteiger partial charge on any atom is -0.469 e. The summed E-state index contributed by atoms with van der Waals surface area (Å²) in [5.41, 5.74) is 1.87. The van der Waals surface area contributed by atoms with Crippen molar-refractivity contribution in [2.75, 3.05) is 37.5 Å². The van der Waals surface area contributed by atoms with Crippen LogP contribution in [0.15, 0.2) is 36.7 Å². The Morgan fingerprint density at radius 2 is 2.04 bits per heavy atom. The standard InChI is InChI=1S/C18H21ClN4O2/c1-20-15-16(19)21-11-22-17(15)23-9-13(12-6-4-3-5-7-12)8-14(10-23)18(24)25-2/h3-7,11,13-14,20H,8-10H2,1-2H3. The number of ether oxygens (including phenoxy) is 1. The summed E-state index contributed by atoms with van der Waals surface area (Å²) in [6.07, 6.45) is 2.19. The zero-order chi connectivity index (χ0) is 17.8. The Hall–Kier alpha value is -2.34. The van der Waals surface area contributed by atoms with Crippen molar-refractivity contribution in [1.29, 1.82) is 0 Å². The van der Waals surface area contributed by atoms with Gasteiger partial charge in [0, 0.05) is 26.1 Å². The zero-order valence-corrected chi connectivity index (χ0v) is 15.0. The first-order chi connectivity index (χ1) is 12.1. The maximum atomic E-state index is 12.2. The number of aromatic nitrogens is 2. The Bertz CT molecular complexity index is 741. The fourth-order valence-electron chi connectivity index (χ4n) is 3.39. The fraction of sp³-hybridized carbons (Fsp3) is 0.389. The number of hydrogen-bond acceptors (Lipinski definition) is 6. The molecule has 0 radical (unpaired) electrons. The van der Waals surface area contributed by atoms with Gasteiger partial charge < -0.3 is 15.0 Å². The molecule has 2 aromatic rings. The minimum atomic E-state index is -0.220. The number of nitrogens with one attached hydrogen (secondary N) is 1. The van der Waals surface area contributed by atoms with E-state index >= 15 is 0 Å². The summed E-state index contributed by atoms with van der Waals surface area (Å²) in [4.78, 5) is 22.7. The van der Waals surface area contributed by atoms with E-state index in [0.717, 1.165) is 13.0 Å². The van der Waals surface area contributed by atoms with Gasteiger partial charge in [-0.3, -0.25) is 4.79 Å². The lowest BCUT2D eigenvalue weighted by atomic mass is 9.84. The number of hydrogen-bond donors (Lipinski definition) is 1. The second-order valence-electron chi connectivity index (χ2n) is 6.08. The first-order valence-corrected chi connectivity index (χ1v) is 8.57. The van der Waals surface area contributed by atoms with E-state index in [-0.39, 0.29) is 17.8 Å². The van der Waals surface area contributed by atoms with Gasteiger partial charge >= 0.3 is 5.97 Å². The number of benzene rings is 1. The van der Waals surface area contributed by atoms with Crippen molar-refractivity contribution >= 4 is 29.1 Å². The first kappa shape index (κ1) is 17.5. The highest BCUT2D eigenvalue weighted by atomic mass is 35.5. The Morgan fingerprint density at radius 1 is 1.28 bits per heavy atom. The van der Waals surface area contributed by atoms with Crippen molar-refractivity contribution in [3.8, 4) is 0 Å². The summed E-state index contributed by atoms with van der Waals surface area (Å²) in [7, 11) is 3.21. The average Bonchev–Trinajstić information content (AvgIpc) is 2.67. The van der Waals surface area contributed by atoms with Crippen molar-refractivity contribution in [1.82, 2.24) is 9.97 Å². The van der Waals surface area contributed by atoms with Crippen LogP contribution in [0.3, 0.4) is 0 Å². The number of piperidine rings is 1. The van der Waals surface area contributed by atoms with Crippen LogP contribution in [0.5, 0.6) is 0 Å². The van der Waals surface area contributed by atoms with Crippen LogP contribution < -0.4 is 10.2 Å². The molecular weight excluding hydrogens is 340 g/mol. The van der Waals surface area contributed by atoms with Gasteiger partial charge in [0.1, 0.15) is 12.0 Å². The third kappa shape index (κ3) is 3.69. The molecule has 1 aromatic carbocycles. The van der Waals surface area contributed by atoms with Gasteiger partial charge in [0.25, 0.3) is 0 Å². The third-order valence-electron chi connectivity index (χ3n) is 4.59. The molecule has 1 fully saturated rings. The van der Waals surface area contributed by atoms with E-state index in [9.17, 15) is 4.79 Å². The Morgan fingerprint density at radius 3 is 2.72 bits per heavy atom. The molecule has 0 amide bonds. The molecule has 1 saturated heterocycles. The molecule has 0 aliphatic carbocycles. The van der Waals surface area contributed by atoms with Crippen molar-refractivity contribution < 1.29 is 9.53 Å². The van der Waals surface area contributed by atoms with Crippen molar-refractivity contribution in [2.24, 2.45) is 5.92 Å². The molecule has 2 unspecified atom stereocenters. The van der Waals surface area contributed by atoms with Crippen LogP contribution in [-0.2, 0) is 9.53 Å². The van der Waals surface area contributed by atoms with Crippen LogP contribution in [0.25, 0.3) is 0 Å². The highest BCUT2D eigenvalue weighted by Crippen LogP contribution is 2.36. The fourth-order valence-corrected chi connectivity index (χ4v) is 3.61. The Labute approximate surface area is 152 Å². The van der Waals surface area contributed by atoms with E-state index in [1.165, 1.54) is 19.0 Å². The highest BCUT2D eigenvalue weighted by molar-refractivity contribution is 6.32. The van der Waals surface area contributed by atoms with Gasteiger partial charge in [0.15, 0.2) is 11.0 Å². The van der Waals surface area contributed by atoms with E-state index in [2.05, 4.69) is 32.3 Å². The van der Waals surface area contributed by atoms with E-state index in [4.69, 9.17) is 16.3 Å². The Kier molecular flexibility index (Phi) is 5.38. The minimum absolute atomic E-state index is 0.197. The summed E-state index contributed by atoms with van der Waals surface area (Å²) < 4.78 is 5.00. The lowest BCUT2D eigenvalue weighted by Crippen LogP contribution is -2.43. The van der Waals surface area contributed by atoms with Gasteiger partial charge in [-0.25, -0.2) is 9.97 Å². The number of halogens is 1.